The van der Waals surface area contributed by atoms with Crippen molar-refractivity contribution in [3.8, 4) is 0 Å². The summed E-state index contributed by atoms with van der Waals surface area (Å²) in [5, 5.41) is 9.96. The molecule has 0 radical (unpaired) electrons. The smallest absolute Gasteiger partial charge is 0.326 e. The van der Waals surface area contributed by atoms with E-state index in [1.807, 2.05) is 30.3 Å². The topological polar surface area (TPSA) is 74.7 Å². The summed E-state index contributed by atoms with van der Waals surface area (Å²) < 4.78 is 0. The zero-order valence-electron chi connectivity index (χ0n) is 14.8. The summed E-state index contributed by atoms with van der Waals surface area (Å²) in [6.45, 7) is 0. The Hall–Kier alpha value is -2.17. The highest BCUT2D eigenvalue weighted by molar-refractivity contribution is 5.91. The second-order valence-corrected chi connectivity index (χ2v) is 7.91. The lowest BCUT2D eigenvalue weighted by atomic mass is 9.74. The van der Waals surface area contributed by atoms with E-state index in [2.05, 4.69) is 0 Å². The molecular weight excluding hydrogens is 330 g/mol. The van der Waals surface area contributed by atoms with Crippen LogP contribution in [0.15, 0.2) is 30.3 Å². The van der Waals surface area contributed by atoms with Gasteiger partial charge < -0.3 is 10.0 Å². The lowest BCUT2D eigenvalue weighted by Gasteiger charge is -2.32. The van der Waals surface area contributed by atoms with Gasteiger partial charge in [-0.3, -0.25) is 9.59 Å². The average molecular weight is 355 g/mol. The molecule has 2 aliphatic carbocycles. The molecular formula is C21H25NO4. The predicted molar refractivity (Wildman–Crippen MR) is 95.2 cm³/mol. The third-order valence-corrected chi connectivity index (χ3v) is 6.49. The number of rotatable bonds is 3. The Morgan fingerprint density at radius 3 is 2.35 bits per heavy atom. The maximum Gasteiger partial charge on any atom is 0.326 e. The summed E-state index contributed by atoms with van der Waals surface area (Å²) >= 11 is 0. The Morgan fingerprint density at radius 2 is 1.69 bits per heavy atom. The number of hydrogen-bond donors (Lipinski definition) is 1. The lowest BCUT2D eigenvalue weighted by molar-refractivity contribution is -0.152. The van der Waals surface area contributed by atoms with E-state index < -0.39 is 24.0 Å². The number of amides is 1. The lowest BCUT2D eigenvalue weighted by Crippen LogP contribution is -2.46. The summed E-state index contributed by atoms with van der Waals surface area (Å²) in [4.78, 5) is 39.9. The number of carbonyl (C=O) groups is 3. The van der Waals surface area contributed by atoms with Gasteiger partial charge in [-0.1, -0.05) is 43.2 Å². The quantitative estimate of drug-likeness (QED) is 0.903. The number of carboxylic acid groups (broad SMARTS) is 1. The third kappa shape index (κ3) is 2.74. The molecule has 5 heteroatoms. The Kier molecular flexibility index (Phi) is 4.55. The van der Waals surface area contributed by atoms with Gasteiger partial charge in [0.05, 0.1) is 6.04 Å². The minimum absolute atomic E-state index is 0.0639. The van der Waals surface area contributed by atoms with Crippen LogP contribution in [0.5, 0.6) is 0 Å². The van der Waals surface area contributed by atoms with E-state index in [-0.39, 0.29) is 23.5 Å². The van der Waals surface area contributed by atoms with E-state index in [1.165, 1.54) is 0 Å². The van der Waals surface area contributed by atoms with Gasteiger partial charge in [-0.15, -0.1) is 0 Å². The first-order valence-electron chi connectivity index (χ1n) is 9.72. The number of fused-ring (bicyclic) bond motifs is 1. The van der Waals surface area contributed by atoms with Gasteiger partial charge in [0.1, 0.15) is 11.8 Å². The Bertz CT molecular complexity index is 710. The van der Waals surface area contributed by atoms with Crippen LogP contribution in [-0.4, -0.2) is 33.7 Å². The minimum atomic E-state index is -0.973. The van der Waals surface area contributed by atoms with E-state index in [1.54, 1.807) is 4.90 Å². The first-order chi connectivity index (χ1) is 12.6. The highest BCUT2D eigenvalue weighted by atomic mass is 16.4. The van der Waals surface area contributed by atoms with Crippen LogP contribution < -0.4 is 0 Å². The molecule has 26 heavy (non-hydrogen) atoms. The Morgan fingerprint density at radius 1 is 1.00 bits per heavy atom. The first-order valence-corrected chi connectivity index (χ1v) is 9.72. The molecule has 1 aromatic rings. The van der Waals surface area contributed by atoms with Gasteiger partial charge in [0, 0.05) is 24.2 Å². The molecule has 1 aromatic carbocycles. The normalized spacial score (nSPS) is 31.8. The van der Waals surface area contributed by atoms with Crippen molar-refractivity contribution >= 4 is 17.7 Å². The van der Waals surface area contributed by atoms with Crippen molar-refractivity contribution in [2.75, 3.05) is 0 Å². The van der Waals surface area contributed by atoms with Crippen molar-refractivity contribution in [2.24, 2.45) is 17.8 Å². The van der Waals surface area contributed by atoms with Gasteiger partial charge in [0.2, 0.25) is 5.91 Å². The highest BCUT2D eigenvalue weighted by Gasteiger charge is 2.58. The predicted octanol–water partition coefficient (Wildman–Crippen LogP) is 3.20. The van der Waals surface area contributed by atoms with Crippen LogP contribution in [0.25, 0.3) is 0 Å². The zero-order chi connectivity index (χ0) is 18.3. The molecule has 0 bridgehead atoms. The summed E-state index contributed by atoms with van der Waals surface area (Å²) in [5.74, 6) is -1.69. The molecule has 0 spiro atoms. The third-order valence-electron chi connectivity index (χ3n) is 6.49. The molecule has 2 saturated carbocycles. The number of ketones is 1. The number of likely N-dealkylation sites (tertiary alicyclic amines) is 1. The van der Waals surface area contributed by atoms with E-state index >= 15 is 0 Å². The molecule has 5 nitrogen and oxygen atoms in total. The molecule has 3 aliphatic rings. The fourth-order valence-electron chi connectivity index (χ4n) is 5.39. The minimum Gasteiger partial charge on any atom is -0.480 e. The average Bonchev–Trinajstić information content (AvgIpc) is 3.28. The largest absolute Gasteiger partial charge is 0.480 e. The molecule has 1 saturated heterocycles. The van der Waals surface area contributed by atoms with Crippen molar-refractivity contribution in [1.29, 1.82) is 0 Å². The van der Waals surface area contributed by atoms with Crippen LogP contribution in [0.2, 0.25) is 0 Å². The maximum atomic E-state index is 13.3. The molecule has 4 rings (SSSR count). The number of hydrogen-bond acceptors (Lipinski definition) is 3. The molecule has 1 heterocycles. The Labute approximate surface area is 153 Å². The molecule has 3 fully saturated rings. The summed E-state index contributed by atoms with van der Waals surface area (Å²) in [6.07, 6.45) is 5.59. The molecule has 0 aromatic heterocycles. The van der Waals surface area contributed by atoms with Crippen molar-refractivity contribution < 1.29 is 19.5 Å². The van der Waals surface area contributed by atoms with Crippen LogP contribution in [0, 0.1) is 17.8 Å². The van der Waals surface area contributed by atoms with Crippen molar-refractivity contribution in [2.45, 2.75) is 57.0 Å². The number of benzene rings is 1. The second-order valence-electron chi connectivity index (χ2n) is 7.91. The monoisotopic (exact) mass is 355 g/mol. The van der Waals surface area contributed by atoms with E-state index in [0.717, 1.165) is 37.7 Å². The van der Waals surface area contributed by atoms with Crippen molar-refractivity contribution in [3.63, 3.8) is 0 Å². The standard InChI is InChI=1S/C21H25NO4/c23-16-12-6-11-15-17(16)18(13-7-2-1-3-8-13)22(19(15)21(25)26)20(24)14-9-4-5-10-14/h1-3,7-8,14-15,17-19H,4-6,9-12H2,(H,25,26). The molecule has 1 amide bonds. The van der Waals surface area contributed by atoms with Crippen LogP contribution in [-0.2, 0) is 14.4 Å². The van der Waals surface area contributed by atoms with Crippen LogP contribution in [0.3, 0.4) is 0 Å². The van der Waals surface area contributed by atoms with Crippen molar-refractivity contribution in [1.82, 2.24) is 4.90 Å². The van der Waals surface area contributed by atoms with E-state index in [9.17, 15) is 19.5 Å². The maximum absolute atomic E-state index is 13.3. The first kappa shape index (κ1) is 17.3. The number of nitrogens with zero attached hydrogens (tertiary/aromatic N) is 1. The zero-order valence-corrected chi connectivity index (χ0v) is 14.8. The van der Waals surface area contributed by atoms with Gasteiger partial charge in [0.25, 0.3) is 0 Å². The summed E-state index contributed by atoms with van der Waals surface area (Å²) in [7, 11) is 0. The molecule has 1 aliphatic heterocycles. The fourth-order valence-corrected chi connectivity index (χ4v) is 5.39. The molecule has 4 unspecified atom stereocenters. The summed E-state index contributed by atoms with van der Waals surface area (Å²) in [6, 6.07) is 8.20. The van der Waals surface area contributed by atoms with Crippen molar-refractivity contribution in [3.05, 3.63) is 35.9 Å². The molecule has 1 N–H and O–H groups in total. The van der Waals surface area contributed by atoms with Gasteiger partial charge in [-0.05, 0) is 31.2 Å². The van der Waals surface area contributed by atoms with E-state index in [4.69, 9.17) is 0 Å². The van der Waals surface area contributed by atoms with Gasteiger partial charge in [-0.2, -0.15) is 0 Å². The van der Waals surface area contributed by atoms with Crippen LogP contribution >= 0.6 is 0 Å². The highest BCUT2D eigenvalue weighted by Crippen LogP contribution is 2.51. The molecule has 4 atom stereocenters. The van der Waals surface area contributed by atoms with Gasteiger partial charge in [0.15, 0.2) is 0 Å². The SMILES string of the molecule is O=C1CCCC2C1C(c1ccccc1)N(C(=O)C1CCCC1)C2C(=O)O. The number of aliphatic carboxylic acids is 1. The van der Waals surface area contributed by atoms with Crippen LogP contribution in [0.1, 0.15) is 56.6 Å². The second kappa shape index (κ2) is 6.86. The fraction of sp³-hybridized carbons (Fsp3) is 0.571. The van der Waals surface area contributed by atoms with Gasteiger partial charge in [-0.25, -0.2) is 4.79 Å². The number of carboxylic acids is 1. The number of carbonyl (C=O) groups excluding carboxylic acids is 2. The number of Topliss-reactive ketones (excluding diaryl/α,β-unsaturated/α-hetero) is 1. The van der Waals surface area contributed by atoms with E-state index in [0.29, 0.717) is 12.8 Å². The Balaban J connectivity index is 1.80. The summed E-state index contributed by atoms with van der Waals surface area (Å²) in [5.41, 5.74) is 0.882. The van der Waals surface area contributed by atoms with Crippen LogP contribution in [0.4, 0.5) is 0 Å². The molecule has 138 valence electrons. The van der Waals surface area contributed by atoms with Gasteiger partial charge >= 0.3 is 5.97 Å².